The lowest BCUT2D eigenvalue weighted by atomic mass is 10.1. The molecule has 2 N–H and O–H groups in total. The SMILES string of the molecule is CC(C)CC(=O)Nc1cccc(NCc2c(F)cccc2Cl)c1. The van der Waals surface area contributed by atoms with E-state index in [0.29, 0.717) is 28.6 Å². The zero-order chi connectivity index (χ0) is 16.8. The van der Waals surface area contributed by atoms with Gasteiger partial charge in [-0.15, -0.1) is 0 Å². The number of rotatable bonds is 6. The maximum absolute atomic E-state index is 13.7. The molecule has 23 heavy (non-hydrogen) atoms. The maximum atomic E-state index is 13.7. The number of carbonyl (C=O) groups excluding carboxylic acids is 1. The summed E-state index contributed by atoms with van der Waals surface area (Å²) in [5, 5.41) is 6.36. The third kappa shape index (κ3) is 5.25. The molecule has 122 valence electrons. The molecule has 1 amide bonds. The molecule has 0 atom stereocenters. The van der Waals surface area contributed by atoms with Crippen LogP contribution in [0.25, 0.3) is 0 Å². The molecule has 2 aromatic carbocycles. The van der Waals surface area contributed by atoms with Crippen LogP contribution in [0.2, 0.25) is 5.02 Å². The van der Waals surface area contributed by atoms with Crippen molar-refractivity contribution >= 4 is 28.9 Å². The topological polar surface area (TPSA) is 41.1 Å². The second-order valence-electron chi connectivity index (χ2n) is 5.78. The predicted octanol–water partition coefficient (Wildman–Crippen LogP) is 5.08. The smallest absolute Gasteiger partial charge is 0.224 e. The summed E-state index contributed by atoms with van der Waals surface area (Å²) < 4.78 is 13.7. The minimum absolute atomic E-state index is 0.0192. The Bertz CT molecular complexity index is 668. The Kier molecular flexibility index (Phi) is 5.99. The molecule has 0 heterocycles. The minimum Gasteiger partial charge on any atom is -0.381 e. The van der Waals surface area contributed by atoms with Crippen molar-refractivity contribution < 1.29 is 9.18 Å². The van der Waals surface area contributed by atoms with Gasteiger partial charge >= 0.3 is 0 Å². The molecule has 3 nitrogen and oxygen atoms in total. The Morgan fingerprint density at radius 1 is 1.17 bits per heavy atom. The zero-order valence-corrected chi connectivity index (χ0v) is 14.0. The van der Waals surface area contributed by atoms with Crippen LogP contribution in [0.1, 0.15) is 25.8 Å². The monoisotopic (exact) mass is 334 g/mol. The standard InChI is InChI=1S/C18H20ClFN2O/c1-12(2)9-18(23)22-14-6-3-5-13(10-14)21-11-15-16(19)7-4-8-17(15)20/h3-8,10,12,21H,9,11H2,1-2H3,(H,22,23). The van der Waals surface area contributed by atoms with E-state index in [0.717, 1.165) is 5.69 Å². The molecule has 5 heteroatoms. The molecule has 2 rings (SSSR count). The van der Waals surface area contributed by atoms with Gasteiger partial charge in [-0.25, -0.2) is 4.39 Å². The Hall–Kier alpha value is -2.07. The number of halogens is 2. The molecule has 0 bridgehead atoms. The molecule has 0 spiro atoms. The first-order chi connectivity index (χ1) is 11.0. The van der Waals surface area contributed by atoms with Crippen molar-refractivity contribution in [1.29, 1.82) is 0 Å². The number of hydrogen-bond acceptors (Lipinski definition) is 2. The molecule has 0 aliphatic rings. The Balaban J connectivity index is 2.01. The first kappa shape index (κ1) is 17.3. The van der Waals surface area contributed by atoms with Crippen molar-refractivity contribution in [2.45, 2.75) is 26.8 Å². The highest BCUT2D eigenvalue weighted by Crippen LogP contribution is 2.22. The highest BCUT2D eigenvalue weighted by molar-refractivity contribution is 6.31. The van der Waals surface area contributed by atoms with E-state index in [1.54, 1.807) is 12.1 Å². The van der Waals surface area contributed by atoms with Gasteiger partial charge in [-0.1, -0.05) is 37.6 Å². The zero-order valence-electron chi connectivity index (χ0n) is 13.2. The Labute approximate surface area is 140 Å². The molecule has 0 radical (unpaired) electrons. The summed E-state index contributed by atoms with van der Waals surface area (Å²) in [6.07, 6.45) is 0.475. The van der Waals surface area contributed by atoms with E-state index >= 15 is 0 Å². The minimum atomic E-state index is -0.341. The lowest BCUT2D eigenvalue weighted by molar-refractivity contribution is -0.116. The van der Waals surface area contributed by atoms with Gasteiger partial charge in [-0.2, -0.15) is 0 Å². The van der Waals surface area contributed by atoms with Crippen LogP contribution >= 0.6 is 11.6 Å². The molecule has 0 saturated carbocycles. The van der Waals surface area contributed by atoms with Crippen molar-refractivity contribution in [3.8, 4) is 0 Å². The van der Waals surface area contributed by atoms with Crippen LogP contribution in [-0.2, 0) is 11.3 Å². The number of benzene rings is 2. The largest absolute Gasteiger partial charge is 0.381 e. The highest BCUT2D eigenvalue weighted by Gasteiger charge is 2.08. The van der Waals surface area contributed by atoms with Crippen molar-refractivity contribution in [1.82, 2.24) is 0 Å². The number of amides is 1. The van der Waals surface area contributed by atoms with Crippen LogP contribution in [0, 0.1) is 11.7 Å². The number of nitrogens with one attached hydrogen (secondary N) is 2. The summed E-state index contributed by atoms with van der Waals surface area (Å²) in [6, 6.07) is 11.9. The van der Waals surface area contributed by atoms with E-state index in [4.69, 9.17) is 11.6 Å². The molecule has 0 aliphatic carbocycles. The summed E-state index contributed by atoms with van der Waals surface area (Å²) in [4.78, 5) is 11.8. The quantitative estimate of drug-likeness (QED) is 0.773. The summed E-state index contributed by atoms with van der Waals surface area (Å²) >= 11 is 6.01. The third-order valence-electron chi connectivity index (χ3n) is 3.27. The van der Waals surface area contributed by atoms with E-state index in [1.807, 2.05) is 38.1 Å². The average Bonchev–Trinajstić information content (AvgIpc) is 2.46. The van der Waals surface area contributed by atoms with Crippen LogP contribution < -0.4 is 10.6 Å². The van der Waals surface area contributed by atoms with Gasteiger partial charge in [0.2, 0.25) is 5.91 Å². The average molecular weight is 335 g/mol. The Morgan fingerprint density at radius 2 is 1.87 bits per heavy atom. The highest BCUT2D eigenvalue weighted by atomic mass is 35.5. The van der Waals surface area contributed by atoms with Crippen LogP contribution in [-0.4, -0.2) is 5.91 Å². The summed E-state index contributed by atoms with van der Waals surface area (Å²) in [6.45, 7) is 4.26. The first-order valence-electron chi connectivity index (χ1n) is 7.52. The fraction of sp³-hybridized carbons (Fsp3) is 0.278. The van der Waals surface area contributed by atoms with Gasteiger partial charge in [0, 0.05) is 34.9 Å². The lowest BCUT2D eigenvalue weighted by Crippen LogP contribution is -2.14. The van der Waals surface area contributed by atoms with Crippen LogP contribution in [0.3, 0.4) is 0 Å². The fourth-order valence-corrected chi connectivity index (χ4v) is 2.41. The molecule has 0 aliphatic heterocycles. The van der Waals surface area contributed by atoms with Crippen LogP contribution in [0.15, 0.2) is 42.5 Å². The van der Waals surface area contributed by atoms with Gasteiger partial charge in [0.05, 0.1) is 0 Å². The molecule has 0 unspecified atom stereocenters. The normalized spacial score (nSPS) is 10.7. The predicted molar refractivity (Wildman–Crippen MR) is 93.3 cm³/mol. The number of carbonyl (C=O) groups is 1. The van der Waals surface area contributed by atoms with Crippen LogP contribution in [0.4, 0.5) is 15.8 Å². The third-order valence-corrected chi connectivity index (χ3v) is 3.63. The molecule has 0 aromatic heterocycles. The molecule has 2 aromatic rings. The van der Waals surface area contributed by atoms with Gasteiger partial charge in [0.25, 0.3) is 0 Å². The molecular weight excluding hydrogens is 315 g/mol. The van der Waals surface area contributed by atoms with Gasteiger partial charge in [0.1, 0.15) is 5.82 Å². The van der Waals surface area contributed by atoms with Gasteiger partial charge in [0.15, 0.2) is 0 Å². The Morgan fingerprint density at radius 3 is 2.57 bits per heavy atom. The van der Waals surface area contributed by atoms with Crippen molar-refractivity contribution in [3.05, 3.63) is 58.9 Å². The van der Waals surface area contributed by atoms with Crippen molar-refractivity contribution in [2.24, 2.45) is 5.92 Å². The van der Waals surface area contributed by atoms with Gasteiger partial charge < -0.3 is 10.6 Å². The van der Waals surface area contributed by atoms with E-state index in [9.17, 15) is 9.18 Å². The maximum Gasteiger partial charge on any atom is 0.224 e. The number of anilines is 2. The van der Waals surface area contributed by atoms with E-state index in [1.165, 1.54) is 6.07 Å². The lowest BCUT2D eigenvalue weighted by Gasteiger charge is -2.11. The first-order valence-corrected chi connectivity index (χ1v) is 7.90. The second kappa shape index (κ2) is 7.97. The molecule has 0 saturated heterocycles. The van der Waals surface area contributed by atoms with Crippen molar-refractivity contribution in [3.63, 3.8) is 0 Å². The molecular formula is C18H20ClFN2O. The summed E-state index contributed by atoms with van der Waals surface area (Å²) in [5.41, 5.74) is 1.91. The van der Waals surface area contributed by atoms with E-state index in [-0.39, 0.29) is 18.3 Å². The van der Waals surface area contributed by atoms with Crippen LogP contribution in [0.5, 0.6) is 0 Å². The summed E-state index contributed by atoms with van der Waals surface area (Å²) in [7, 11) is 0. The summed E-state index contributed by atoms with van der Waals surface area (Å²) in [5.74, 6) is -0.0554. The fourth-order valence-electron chi connectivity index (χ4n) is 2.18. The van der Waals surface area contributed by atoms with E-state index in [2.05, 4.69) is 10.6 Å². The van der Waals surface area contributed by atoms with Crippen molar-refractivity contribution in [2.75, 3.05) is 10.6 Å². The number of hydrogen-bond donors (Lipinski definition) is 2. The second-order valence-corrected chi connectivity index (χ2v) is 6.19. The molecule has 0 fully saturated rings. The van der Waals surface area contributed by atoms with E-state index < -0.39 is 0 Å². The van der Waals surface area contributed by atoms with Gasteiger partial charge in [-0.05, 0) is 36.2 Å². The van der Waals surface area contributed by atoms with Gasteiger partial charge in [-0.3, -0.25) is 4.79 Å².